The number of carbonyl (C=O) groups excluding carboxylic acids is 1. The van der Waals surface area contributed by atoms with Crippen LogP contribution in [0.4, 0.5) is 0 Å². The summed E-state index contributed by atoms with van der Waals surface area (Å²) in [4.78, 5) is 12.5. The number of benzene rings is 2. The lowest BCUT2D eigenvalue weighted by Crippen LogP contribution is -2.33. The predicted molar refractivity (Wildman–Crippen MR) is 102 cm³/mol. The molecule has 3 rings (SSSR count). The summed E-state index contributed by atoms with van der Waals surface area (Å²) in [6, 6.07) is 15.0. The second kappa shape index (κ2) is 8.70. The molecule has 1 amide bonds. The zero-order valence-corrected chi connectivity index (χ0v) is 15.4. The minimum absolute atomic E-state index is 0.142. The van der Waals surface area contributed by atoms with Gasteiger partial charge in [-0.15, -0.1) is 0 Å². The zero-order chi connectivity index (χ0) is 17.6. The summed E-state index contributed by atoms with van der Waals surface area (Å²) in [6.07, 6.45) is 1.99. The van der Waals surface area contributed by atoms with Crippen LogP contribution in [0, 0.1) is 5.92 Å². The lowest BCUT2D eigenvalue weighted by atomic mass is 9.81. The first-order valence-corrected chi connectivity index (χ1v) is 9.26. The van der Waals surface area contributed by atoms with Crippen LogP contribution in [0.1, 0.15) is 34.7 Å². The Morgan fingerprint density at radius 2 is 1.76 bits per heavy atom. The number of nitrogens with one attached hydrogen (secondary N) is 1. The van der Waals surface area contributed by atoms with E-state index in [1.807, 2.05) is 36.4 Å². The van der Waals surface area contributed by atoms with Gasteiger partial charge in [-0.3, -0.25) is 4.79 Å². The maximum absolute atomic E-state index is 12.5. The third-order valence-electron chi connectivity index (χ3n) is 4.73. The van der Waals surface area contributed by atoms with Gasteiger partial charge in [-0.1, -0.05) is 47.5 Å². The molecule has 5 heteroatoms. The van der Waals surface area contributed by atoms with Gasteiger partial charge in [0.15, 0.2) is 0 Å². The lowest BCUT2D eigenvalue weighted by molar-refractivity contribution is 0.0573. The fraction of sp³-hybridized carbons (Fsp3) is 0.350. The van der Waals surface area contributed by atoms with Crippen molar-refractivity contribution in [2.45, 2.75) is 18.8 Å². The van der Waals surface area contributed by atoms with Crippen LogP contribution in [0.2, 0.25) is 10.0 Å². The maximum Gasteiger partial charge on any atom is 0.252 e. The van der Waals surface area contributed by atoms with Crippen molar-refractivity contribution in [2.75, 3.05) is 19.8 Å². The molecule has 2 aromatic rings. The molecule has 0 spiro atoms. The monoisotopic (exact) mass is 377 g/mol. The first-order valence-electron chi connectivity index (χ1n) is 8.51. The molecular weight excluding hydrogens is 357 g/mol. The molecule has 132 valence electrons. The van der Waals surface area contributed by atoms with Gasteiger partial charge in [0, 0.05) is 30.7 Å². The molecule has 0 bridgehead atoms. The number of carbonyl (C=O) groups is 1. The van der Waals surface area contributed by atoms with E-state index in [0.29, 0.717) is 23.0 Å². The molecule has 1 fully saturated rings. The summed E-state index contributed by atoms with van der Waals surface area (Å²) in [5.41, 5.74) is 1.70. The zero-order valence-electron chi connectivity index (χ0n) is 13.9. The summed E-state index contributed by atoms with van der Waals surface area (Å²) in [5.74, 6) is 0.561. The Labute approximate surface area is 158 Å². The van der Waals surface area contributed by atoms with E-state index in [9.17, 15) is 4.79 Å². The average molecular weight is 378 g/mol. The topological polar surface area (TPSA) is 38.3 Å². The Morgan fingerprint density at radius 1 is 1.08 bits per heavy atom. The van der Waals surface area contributed by atoms with E-state index in [-0.39, 0.29) is 11.8 Å². The van der Waals surface area contributed by atoms with E-state index in [0.717, 1.165) is 31.1 Å². The summed E-state index contributed by atoms with van der Waals surface area (Å²) in [7, 11) is 0. The Balaban J connectivity index is 1.74. The molecule has 1 atom stereocenters. The highest BCUT2D eigenvalue weighted by Crippen LogP contribution is 2.32. The number of ether oxygens (including phenoxy) is 1. The number of hydrogen-bond acceptors (Lipinski definition) is 2. The summed E-state index contributed by atoms with van der Waals surface area (Å²) in [5, 5.41) is 4.24. The van der Waals surface area contributed by atoms with Gasteiger partial charge in [-0.05, 0) is 48.6 Å². The Hall–Kier alpha value is -1.55. The molecule has 1 aliphatic rings. The van der Waals surface area contributed by atoms with Gasteiger partial charge in [-0.25, -0.2) is 0 Å². The molecular formula is C20H21Cl2NO2. The van der Waals surface area contributed by atoms with E-state index < -0.39 is 0 Å². The smallest absolute Gasteiger partial charge is 0.252 e. The molecule has 1 saturated heterocycles. The number of halogens is 2. The van der Waals surface area contributed by atoms with E-state index >= 15 is 0 Å². The standard InChI is InChI=1S/C20H21Cl2NO2/c21-16-7-5-14(6-8-16)18(15-9-11-25-12-10-15)13-23-20(24)17-3-1-2-4-19(17)22/h1-8,15,18H,9-13H2,(H,23,24). The van der Waals surface area contributed by atoms with Crippen LogP contribution in [0.5, 0.6) is 0 Å². The first kappa shape index (κ1) is 18.2. The molecule has 0 radical (unpaired) electrons. The average Bonchev–Trinajstić information content (AvgIpc) is 2.64. The van der Waals surface area contributed by atoms with Gasteiger partial charge in [0.2, 0.25) is 0 Å². The van der Waals surface area contributed by atoms with Gasteiger partial charge in [-0.2, -0.15) is 0 Å². The van der Waals surface area contributed by atoms with Crippen LogP contribution in [-0.4, -0.2) is 25.7 Å². The van der Waals surface area contributed by atoms with E-state index in [1.165, 1.54) is 5.56 Å². The summed E-state index contributed by atoms with van der Waals surface area (Å²) >= 11 is 12.1. The largest absolute Gasteiger partial charge is 0.381 e. The minimum Gasteiger partial charge on any atom is -0.381 e. The normalized spacial score (nSPS) is 16.4. The van der Waals surface area contributed by atoms with Crippen LogP contribution in [0.25, 0.3) is 0 Å². The molecule has 1 aliphatic heterocycles. The van der Waals surface area contributed by atoms with Crippen molar-refractivity contribution in [1.29, 1.82) is 0 Å². The van der Waals surface area contributed by atoms with Crippen molar-refractivity contribution in [1.82, 2.24) is 5.32 Å². The first-order chi connectivity index (χ1) is 12.1. The number of hydrogen-bond donors (Lipinski definition) is 1. The fourth-order valence-corrected chi connectivity index (χ4v) is 3.68. The molecule has 1 N–H and O–H groups in total. The van der Waals surface area contributed by atoms with Gasteiger partial charge in [0.1, 0.15) is 0 Å². The van der Waals surface area contributed by atoms with Gasteiger partial charge >= 0.3 is 0 Å². The summed E-state index contributed by atoms with van der Waals surface area (Å²) < 4.78 is 5.49. The SMILES string of the molecule is O=C(NCC(c1ccc(Cl)cc1)C1CCOCC1)c1ccccc1Cl. The van der Waals surface area contributed by atoms with Crippen LogP contribution < -0.4 is 5.32 Å². The van der Waals surface area contributed by atoms with Gasteiger partial charge in [0.25, 0.3) is 5.91 Å². The van der Waals surface area contributed by atoms with Crippen molar-refractivity contribution >= 4 is 29.1 Å². The predicted octanol–water partition coefficient (Wildman–Crippen LogP) is 4.93. The highest BCUT2D eigenvalue weighted by Gasteiger charge is 2.26. The number of rotatable bonds is 5. The molecule has 1 unspecified atom stereocenters. The Bertz CT molecular complexity index is 712. The fourth-order valence-electron chi connectivity index (χ4n) is 3.33. The maximum atomic E-state index is 12.5. The van der Waals surface area contributed by atoms with Crippen molar-refractivity contribution in [3.8, 4) is 0 Å². The second-order valence-electron chi connectivity index (χ2n) is 6.30. The quantitative estimate of drug-likeness (QED) is 0.801. The van der Waals surface area contributed by atoms with E-state index in [1.54, 1.807) is 12.1 Å². The Morgan fingerprint density at radius 3 is 2.44 bits per heavy atom. The molecule has 0 aliphatic carbocycles. The molecule has 2 aromatic carbocycles. The van der Waals surface area contributed by atoms with Crippen LogP contribution in [-0.2, 0) is 4.74 Å². The van der Waals surface area contributed by atoms with Gasteiger partial charge < -0.3 is 10.1 Å². The molecule has 3 nitrogen and oxygen atoms in total. The van der Waals surface area contributed by atoms with Crippen LogP contribution in [0.3, 0.4) is 0 Å². The van der Waals surface area contributed by atoms with E-state index in [2.05, 4.69) is 5.32 Å². The van der Waals surface area contributed by atoms with Crippen molar-refractivity contribution < 1.29 is 9.53 Å². The minimum atomic E-state index is -0.142. The summed E-state index contributed by atoms with van der Waals surface area (Å²) in [6.45, 7) is 2.11. The third kappa shape index (κ3) is 4.75. The Kier molecular flexibility index (Phi) is 6.35. The van der Waals surface area contributed by atoms with Gasteiger partial charge in [0.05, 0.1) is 10.6 Å². The van der Waals surface area contributed by atoms with Crippen molar-refractivity contribution in [2.24, 2.45) is 5.92 Å². The van der Waals surface area contributed by atoms with Crippen LogP contribution in [0.15, 0.2) is 48.5 Å². The highest BCUT2D eigenvalue weighted by atomic mass is 35.5. The molecule has 25 heavy (non-hydrogen) atoms. The van der Waals surface area contributed by atoms with Crippen LogP contribution >= 0.6 is 23.2 Å². The van der Waals surface area contributed by atoms with E-state index in [4.69, 9.17) is 27.9 Å². The molecule has 0 aromatic heterocycles. The molecule has 1 heterocycles. The molecule has 0 saturated carbocycles. The second-order valence-corrected chi connectivity index (χ2v) is 7.14. The number of amides is 1. The lowest BCUT2D eigenvalue weighted by Gasteiger charge is -2.31. The third-order valence-corrected chi connectivity index (χ3v) is 5.32. The van der Waals surface area contributed by atoms with Crippen molar-refractivity contribution in [3.63, 3.8) is 0 Å². The highest BCUT2D eigenvalue weighted by molar-refractivity contribution is 6.33. The van der Waals surface area contributed by atoms with Crippen molar-refractivity contribution in [3.05, 3.63) is 69.7 Å².